The third-order valence-electron chi connectivity index (χ3n) is 2.51. The van der Waals surface area contributed by atoms with E-state index in [2.05, 4.69) is 21.1 Å². The van der Waals surface area contributed by atoms with Crippen LogP contribution in [0.5, 0.6) is 0 Å². The number of hydrogen-bond acceptors (Lipinski definition) is 3. The van der Waals surface area contributed by atoms with E-state index < -0.39 is 5.97 Å². The van der Waals surface area contributed by atoms with E-state index in [0.717, 1.165) is 15.6 Å². The van der Waals surface area contributed by atoms with Crippen molar-refractivity contribution in [2.45, 2.75) is 13.8 Å². The lowest BCUT2D eigenvalue weighted by Crippen LogP contribution is -1.99. The van der Waals surface area contributed by atoms with Crippen LogP contribution < -0.4 is 0 Å². The van der Waals surface area contributed by atoms with E-state index in [0.29, 0.717) is 11.5 Å². The minimum atomic E-state index is -1.03. The first-order valence-corrected chi connectivity index (χ1v) is 5.76. The molecule has 2 rings (SSSR count). The summed E-state index contributed by atoms with van der Waals surface area (Å²) in [7, 11) is 0. The van der Waals surface area contributed by atoms with Crippen molar-refractivity contribution in [3.8, 4) is 11.3 Å². The molecule has 0 saturated heterocycles. The smallest absolute Gasteiger partial charge is 0.341 e. The number of benzene rings is 1. The van der Waals surface area contributed by atoms with E-state index in [9.17, 15) is 4.79 Å². The summed E-state index contributed by atoms with van der Waals surface area (Å²) < 4.78 is 5.91. The summed E-state index contributed by atoms with van der Waals surface area (Å²) in [5.74, 6) is -0.715. The molecule has 0 unspecified atom stereocenters. The van der Waals surface area contributed by atoms with Crippen LogP contribution in [0.25, 0.3) is 11.3 Å². The standard InChI is InChI=1S/C12H10BrNO3/c1-6-5-8(3-4-9(6)13)11-10(12(15)16)7(2)17-14-11/h3-5H,1-2H3,(H,15,16). The average molecular weight is 296 g/mol. The molecular formula is C12H10BrNO3. The first-order valence-electron chi connectivity index (χ1n) is 4.97. The van der Waals surface area contributed by atoms with Gasteiger partial charge in [-0.2, -0.15) is 0 Å². The van der Waals surface area contributed by atoms with E-state index in [1.807, 2.05) is 19.1 Å². The van der Waals surface area contributed by atoms with Crippen LogP contribution in [0, 0.1) is 13.8 Å². The van der Waals surface area contributed by atoms with Crippen LogP contribution in [0.4, 0.5) is 0 Å². The molecule has 0 saturated carbocycles. The Balaban J connectivity index is 2.60. The molecule has 0 bridgehead atoms. The zero-order chi connectivity index (χ0) is 12.6. The molecule has 0 radical (unpaired) electrons. The molecule has 0 amide bonds. The summed E-state index contributed by atoms with van der Waals surface area (Å²) in [6.07, 6.45) is 0. The Morgan fingerprint density at radius 3 is 2.71 bits per heavy atom. The highest BCUT2D eigenvalue weighted by atomic mass is 79.9. The van der Waals surface area contributed by atoms with E-state index in [1.165, 1.54) is 0 Å². The van der Waals surface area contributed by atoms with Gasteiger partial charge in [0.05, 0.1) is 0 Å². The summed E-state index contributed by atoms with van der Waals surface area (Å²) in [4.78, 5) is 11.1. The van der Waals surface area contributed by atoms with Crippen LogP contribution in [0.15, 0.2) is 27.2 Å². The lowest BCUT2D eigenvalue weighted by atomic mass is 10.0. The number of rotatable bonds is 2. The number of aryl methyl sites for hydroxylation is 2. The van der Waals surface area contributed by atoms with Gasteiger partial charge in [-0.05, 0) is 31.5 Å². The van der Waals surface area contributed by atoms with E-state index in [1.54, 1.807) is 13.0 Å². The Bertz CT molecular complexity index is 589. The van der Waals surface area contributed by atoms with E-state index in [-0.39, 0.29) is 5.56 Å². The maximum Gasteiger partial charge on any atom is 0.341 e. The number of carboxylic acids is 1. The number of carbonyl (C=O) groups is 1. The maximum atomic E-state index is 11.1. The van der Waals surface area contributed by atoms with Gasteiger partial charge in [-0.15, -0.1) is 0 Å². The fraction of sp³-hybridized carbons (Fsp3) is 0.167. The molecule has 0 aliphatic carbocycles. The van der Waals surface area contributed by atoms with Gasteiger partial charge in [-0.3, -0.25) is 0 Å². The second-order valence-electron chi connectivity index (χ2n) is 3.73. The molecule has 0 fully saturated rings. The van der Waals surface area contributed by atoms with Crippen molar-refractivity contribution in [2.24, 2.45) is 0 Å². The van der Waals surface area contributed by atoms with Crippen LogP contribution in [0.1, 0.15) is 21.7 Å². The molecule has 1 N–H and O–H groups in total. The molecule has 17 heavy (non-hydrogen) atoms. The molecule has 88 valence electrons. The van der Waals surface area contributed by atoms with Crippen molar-refractivity contribution < 1.29 is 14.4 Å². The minimum absolute atomic E-state index is 0.117. The van der Waals surface area contributed by atoms with Crippen LogP contribution in [0.2, 0.25) is 0 Å². The number of aromatic carboxylic acids is 1. The second kappa shape index (κ2) is 4.33. The van der Waals surface area contributed by atoms with Crippen LogP contribution in [-0.4, -0.2) is 16.2 Å². The first kappa shape index (κ1) is 11.9. The van der Waals surface area contributed by atoms with Crippen molar-refractivity contribution in [3.63, 3.8) is 0 Å². The maximum absolute atomic E-state index is 11.1. The molecule has 4 nitrogen and oxygen atoms in total. The quantitative estimate of drug-likeness (QED) is 0.922. The van der Waals surface area contributed by atoms with Crippen LogP contribution in [-0.2, 0) is 0 Å². The third-order valence-corrected chi connectivity index (χ3v) is 3.40. The van der Waals surface area contributed by atoms with Gasteiger partial charge in [0, 0.05) is 10.0 Å². The Morgan fingerprint density at radius 1 is 1.41 bits per heavy atom. The molecule has 0 atom stereocenters. The number of nitrogens with zero attached hydrogens (tertiary/aromatic N) is 1. The van der Waals surface area contributed by atoms with Crippen molar-refractivity contribution in [2.75, 3.05) is 0 Å². The zero-order valence-corrected chi connectivity index (χ0v) is 10.9. The van der Waals surface area contributed by atoms with Gasteiger partial charge < -0.3 is 9.63 Å². The Morgan fingerprint density at radius 2 is 2.12 bits per heavy atom. The van der Waals surface area contributed by atoms with E-state index >= 15 is 0 Å². The van der Waals surface area contributed by atoms with Gasteiger partial charge in [0.1, 0.15) is 17.0 Å². The minimum Gasteiger partial charge on any atom is -0.477 e. The van der Waals surface area contributed by atoms with Crippen molar-refractivity contribution in [1.29, 1.82) is 0 Å². The van der Waals surface area contributed by atoms with Gasteiger partial charge in [0.15, 0.2) is 0 Å². The van der Waals surface area contributed by atoms with Gasteiger partial charge in [-0.1, -0.05) is 27.2 Å². The van der Waals surface area contributed by atoms with Gasteiger partial charge in [0.2, 0.25) is 0 Å². The number of halogens is 1. The van der Waals surface area contributed by atoms with Crippen molar-refractivity contribution >= 4 is 21.9 Å². The summed E-state index contributed by atoms with van der Waals surface area (Å²) >= 11 is 3.39. The third kappa shape index (κ3) is 2.10. The summed E-state index contributed by atoms with van der Waals surface area (Å²) in [6.45, 7) is 3.52. The highest BCUT2D eigenvalue weighted by Gasteiger charge is 2.20. The fourth-order valence-electron chi connectivity index (χ4n) is 1.61. The Hall–Kier alpha value is -1.62. The average Bonchev–Trinajstić information content (AvgIpc) is 2.64. The van der Waals surface area contributed by atoms with Crippen molar-refractivity contribution in [3.05, 3.63) is 39.6 Å². The summed E-state index contributed by atoms with van der Waals surface area (Å²) in [6, 6.07) is 5.54. The topological polar surface area (TPSA) is 63.3 Å². The number of hydrogen-bond donors (Lipinski definition) is 1. The molecule has 1 aromatic carbocycles. The Kier molecular flexibility index (Phi) is 3.02. The monoisotopic (exact) mass is 295 g/mol. The SMILES string of the molecule is Cc1cc(-c2noc(C)c2C(=O)O)ccc1Br. The number of aromatic nitrogens is 1. The Labute approximate surface area is 106 Å². The lowest BCUT2D eigenvalue weighted by molar-refractivity contribution is 0.0696. The summed E-state index contributed by atoms with van der Waals surface area (Å²) in [5, 5.41) is 12.9. The molecule has 5 heteroatoms. The fourth-order valence-corrected chi connectivity index (χ4v) is 1.86. The van der Waals surface area contributed by atoms with Crippen molar-refractivity contribution in [1.82, 2.24) is 5.16 Å². The molecule has 1 heterocycles. The second-order valence-corrected chi connectivity index (χ2v) is 4.59. The van der Waals surface area contributed by atoms with E-state index in [4.69, 9.17) is 9.63 Å². The predicted molar refractivity (Wildman–Crippen MR) is 66.1 cm³/mol. The first-order chi connectivity index (χ1) is 8.00. The molecule has 0 aliphatic rings. The number of carboxylic acid groups (broad SMARTS) is 1. The van der Waals surface area contributed by atoms with Gasteiger partial charge >= 0.3 is 5.97 Å². The molecular weight excluding hydrogens is 286 g/mol. The van der Waals surface area contributed by atoms with Crippen LogP contribution >= 0.6 is 15.9 Å². The highest BCUT2D eigenvalue weighted by molar-refractivity contribution is 9.10. The van der Waals surface area contributed by atoms with Gasteiger partial charge in [-0.25, -0.2) is 4.79 Å². The molecule has 0 spiro atoms. The lowest BCUT2D eigenvalue weighted by Gasteiger charge is -2.02. The van der Waals surface area contributed by atoms with Gasteiger partial charge in [0.25, 0.3) is 0 Å². The highest BCUT2D eigenvalue weighted by Crippen LogP contribution is 2.28. The zero-order valence-electron chi connectivity index (χ0n) is 9.32. The predicted octanol–water partition coefficient (Wildman–Crippen LogP) is 3.42. The largest absolute Gasteiger partial charge is 0.477 e. The van der Waals surface area contributed by atoms with Crippen LogP contribution in [0.3, 0.4) is 0 Å². The molecule has 2 aromatic rings. The molecule has 0 aliphatic heterocycles. The molecule has 1 aromatic heterocycles. The summed E-state index contributed by atoms with van der Waals surface area (Å²) in [5.41, 5.74) is 2.23. The normalized spacial score (nSPS) is 10.5.